The number of methoxy groups -OCH3 is 1. The first-order valence-electron chi connectivity index (χ1n) is 11.1. The number of H-pyrrole nitrogens is 1. The second kappa shape index (κ2) is 10.9. The second-order valence-corrected chi connectivity index (χ2v) is 8.42. The summed E-state index contributed by atoms with van der Waals surface area (Å²) >= 11 is 0. The van der Waals surface area contributed by atoms with Gasteiger partial charge in [-0.15, -0.1) is 0 Å². The van der Waals surface area contributed by atoms with Crippen LogP contribution in [-0.4, -0.2) is 79.7 Å². The van der Waals surface area contributed by atoms with Gasteiger partial charge in [0.05, 0.1) is 12.1 Å². The number of carbonyl (C=O) groups is 2. The van der Waals surface area contributed by atoms with Gasteiger partial charge in [0.25, 0.3) is 0 Å². The van der Waals surface area contributed by atoms with Crippen molar-refractivity contribution in [1.29, 1.82) is 0 Å². The van der Waals surface area contributed by atoms with Gasteiger partial charge in [-0.05, 0) is 64.0 Å². The number of nitrogens with one attached hydrogen (secondary N) is 4. The number of hydrogen-bond acceptors (Lipinski definition) is 5. The SMILES string of the molecule is CNC(C)C(=O)NC(C(=O)N1CCC(NCCc2c[nH]c3cc(F)ccc23)C1)C(C)OC. The van der Waals surface area contributed by atoms with E-state index in [2.05, 4.69) is 20.9 Å². The first kappa shape index (κ1) is 24.2. The normalized spacial score (nSPS) is 19.2. The Hall–Kier alpha value is -2.49. The molecule has 4 atom stereocenters. The number of amides is 2. The Morgan fingerprint density at radius 2 is 2.12 bits per heavy atom. The summed E-state index contributed by atoms with van der Waals surface area (Å²) in [4.78, 5) is 30.3. The molecule has 2 heterocycles. The number of likely N-dealkylation sites (N-methyl/N-ethyl adjacent to an activating group) is 1. The summed E-state index contributed by atoms with van der Waals surface area (Å²) in [5, 5.41) is 10.3. The molecule has 0 radical (unpaired) electrons. The summed E-state index contributed by atoms with van der Waals surface area (Å²) in [6, 6.07) is 3.83. The number of rotatable bonds is 10. The van der Waals surface area contributed by atoms with E-state index in [4.69, 9.17) is 4.74 Å². The molecule has 0 saturated carbocycles. The number of hydrogen-bond donors (Lipinski definition) is 4. The topological polar surface area (TPSA) is 98.5 Å². The number of halogens is 1. The molecule has 1 aromatic heterocycles. The monoisotopic (exact) mass is 447 g/mol. The molecule has 1 aliphatic heterocycles. The van der Waals surface area contributed by atoms with Gasteiger partial charge in [-0.2, -0.15) is 0 Å². The summed E-state index contributed by atoms with van der Waals surface area (Å²) < 4.78 is 18.7. The molecule has 176 valence electrons. The second-order valence-electron chi connectivity index (χ2n) is 8.42. The van der Waals surface area contributed by atoms with Crippen LogP contribution in [0.1, 0.15) is 25.8 Å². The van der Waals surface area contributed by atoms with Crippen LogP contribution in [0.25, 0.3) is 10.9 Å². The first-order chi connectivity index (χ1) is 15.3. The number of aromatic amines is 1. The van der Waals surface area contributed by atoms with Crippen molar-refractivity contribution in [2.24, 2.45) is 0 Å². The van der Waals surface area contributed by atoms with E-state index < -0.39 is 18.2 Å². The molecule has 2 amide bonds. The van der Waals surface area contributed by atoms with Crippen molar-refractivity contribution in [3.63, 3.8) is 0 Å². The smallest absolute Gasteiger partial charge is 0.247 e. The van der Waals surface area contributed by atoms with Gasteiger partial charge >= 0.3 is 0 Å². The lowest BCUT2D eigenvalue weighted by molar-refractivity contribution is -0.139. The molecule has 0 bridgehead atoms. The molecule has 4 N–H and O–H groups in total. The maximum absolute atomic E-state index is 13.4. The Labute approximate surface area is 188 Å². The van der Waals surface area contributed by atoms with Crippen LogP contribution in [0.3, 0.4) is 0 Å². The average molecular weight is 448 g/mol. The lowest BCUT2D eigenvalue weighted by Gasteiger charge is -2.29. The van der Waals surface area contributed by atoms with Gasteiger partial charge in [-0.3, -0.25) is 9.59 Å². The molecule has 8 nitrogen and oxygen atoms in total. The predicted molar refractivity (Wildman–Crippen MR) is 122 cm³/mol. The van der Waals surface area contributed by atoms with Crippen LogP contribution in [0, 0.1) is 5.82 Å². The summed E-state index contributed by atoms with van der Waals surface area (Å²) in [6.07, 6.45) is 3.13. The van der Waals surface area contributed by atoms with Crippen LogP contribution in [-0.2, 0) is 20.7 Å². The highest BCUT2D eigenvalue weighted by Gasteiger charge is 2.35. The molecular weight excluding hydrogens is 413 g/mol. The standard InChI is InChI=1S/C23H34FN5O3/c1-14(25-3)22(30)28-21(15(2)32-4)23(31)29-10-8-18(13-29)26-9-7-16-12-27-20-11-17(24)5-6-19(16)20/h5-6,11-12,14-15,18,21,25-27H,7-10,13H2,1-4H3,(H,28,30). The average Bonchev–Trinajstić information content (AvgIpc) is 3.42. The van der Waals surface area contributed by atoms with Gasteiger partial charge in [0.2, 0.25) is 11.8 Å². The Balaban J connectivity index is 1.52. The first-order valence-corrected chi connectivity index (χ1v) is 11.1. The highest BCUT2D eigenvalue weighted by atomic mass is 19.1. The molecule has 0 spiro atoms. The highest BCUT2D eigenvalue weighted by molar-refractivity contribution is 5.90. The number of carbonyl (C=O) groups excluding carboxylic acids is 2. The van der Waals surface area contributed by atoms with Gasteiger partial charge in [0, 0.05) is 43.3 Å². The summed E-state index contributed by atoms with van der Waals surface area (Å²) in [6.45, 7) is 5.50. The van der Waals surface area contributed by atoms with Crippen LogP contribution < -0.4 is 16.0 Å². The number of nitrogens with zero attached hydrogens (tertiary/aromatic N) is 1. The molecular formula is C23H34FN5O3. The Bertz CT molecular complexity index is 933. The van der Waals surface area contributed by atoms with Gasteiger partial charge in [0.15, 0.2) is 0 Å². The van der Waals surface area contributed by atoms with E-state index in [0.717, 1.165) is 35.9 Å². The van der Waals surface area contributed by atoms with E-state index in [1.807, 2.05) is 6.20 Å². The van der Waals surface area contributed by atoms with Crippen LogP contribution in [0.2, 0.25) is 0 Å². The van der Waals surface area contributed by atoms with Gasteiger partial charge < -0.3 is 30.6 Å². The number of benzene rings is 1. The quantitative estimate of drug-likeness (QED) is 0.438. The highest BCUT2D eigenvalue weighted by Crippen LogP contribution is 2.20. The zero-order valence-corrected chi connectivity index (χ0v) is 19.2. The predicted octanol–water partition coefficient (Wildman–Crippen LogP) is 1.17. The van der Waals surface area contributed by atoms with Crippen molar-refractivity contribution < 1.29 is 18.7 Å². The summed E-state index contributed by atoms with van der Waals surface area (Å²) in [7, 11) is 3.23. The largest absolute Gasteiger partial charge is 0.379 e. The van der Waals surface area contributed by atoms with Gasteiger partial charge in [0.1, 0.15) is 11.9 Å². The molecule has 1 aromatic carbocycles. The van der Waals surface area contributed by atoms with Crippen LogP contribution in [0.5, 0.6) is 0 Å². The number of likely N-dealkylation sites (tertiary alicyclic amines) is 1. The van der Waals surface area contributed by atoms with Gasteiger partial charge in [-0.1, -0.05) is 0 Å². The zero-order valence-electron chi connectivity index (χ0n) is 19.2. The molecule has 32 heavy (non-hydrogen) atoms. The van der Waals surface area contributed by atoms with Crippen LogP contribution in [0.4, 0.5) is 4.39 Å². The fourth-order valence-electron chi connectivity index (χ4n) is 4.03. The molecule has 3 rings (SSSR count). The molecule has 1 saturated heterocycles. The summed E-state index contributed by atoms with van der Waals surface area (Å²) in [5.41, 5.74) is 1.93. The van der Waals surface area contributed by atoms with Crippen molar-refractivity contribution in [2.75, 3.05) is 33.8 Å². The van der Waals surface area contributed by atoms with Crippen molar-refractivity contribution in [1.82, 2.24) is 25.8 Å². The van der Waals surface area contributed by atoms with E-state index in [1.165, 1.54) is 19.2 Å². The van der Waals surface area contributed by atoms with Crippen molar-refractivity contribution in [3.05, 3.63) is 35.8 Å². The third kappa shape index (κ3) is 5.65. The van der Waals surface area contributed by atoms with E-state index in [-0.39, 0.29) is 23.7 Å². The number of fused-ring (bicyclic) bond motifs is 1. The minimum atomic E-state index is -0.728. The third-order valence-corrected chi connectivity index (χ3v) is 6.29. The molecule has 9 heteroatoms. The van der Waals surface area contributed by atoms with E-state index in [9.17, 15) is 14.0 Å². The maximum Gasteiger partial charge on any atom is 0.247 e. The minimum Gasteiger partial charge on any atom is -0.379 e. The molecule has 2 aromatic rings. The fraction of sp³-hybridized carbons (Fsp3) is 0.565. The zero-order chi connectivity index (χ0) is 23.3. The number of ether oxygens (including phenoxy) is 1. The molecule has 1 fully saturated rings. The minimum absolute atomic E-state index is 0.126. The van der Waals surface area contributed by atoms with Crippen LogP contribution >= 0.6 is 0 Å². The Morgan fingerprint density at radius 3 is 2.84 bits per heavy atom. The Morgan fingerprint density at radius 1 is 1.34 bits per heavy atom. The lowest BCUT2D eigenvalue weighted by Crippen LogP contribution is -2.56. The molecule has 1 aliphatic rings. The van der Waals surface area contributed by atoms with Gasteiger partial charge in [-0.25, -0.2) is 4.39 Å². The van der Waals surface area contributed by atoms with Crippen molar-refractivity contribution in [2.45, 2.75) is 50.9 Å². The van der Waals surface area contributed by atoms with E-state index in [1.54, 1.807) is 31.9 Å². The molecule has 4 unspecified atom stereocenters. The third-order valence-electron chi connectivity index (χ3n) is 6.29. The number of aromatic nitrogens is 1. The fourth-order valence-corrected chi connectivity index (χ4v) is 4.03. The summed E-state index contributed by atoms with van der Waals surface area (Å²) in [5.74, 6) is -0.612. The van der Waals surface area contributed by atoms with Crippen LogP contribution in [0.15, 0.2) is 24.4 Å². The van der Waals surface area contributed by atoms with Crippen molar-refractivity contribution in [3.8, 4) is 0 Å². The maximum atomic E-state index is 13.4. The lowest BCUT2D eigenvalue weighted by atomic mass is 10.1. The Kier molecular flexibility index (Phi) is 8.22. The van der Waals surface area contributed by atoms with E-state index in [0.29, 0.717) is 13.1 Å². The molecule has 0 aliphatic carbocycles. The van der Waals surface area contributed by atoms with E-state index >= 15 is 0 Å². The van der Waals surface area contributed by atoms with Crippen molar-refractivity contribution >= 4 is 22.7 Å².